The van der Waals surface area contributed by atoms with Crippen LogP contribution in [0.25, 0.3) is 0 Å². The summed E-state index contributed by atoms with van der Waals surface area (Å²) in [6.45, 7) is 3.64. The molecule has 1 atom stereocenters. The van der Waals surface area contributed by atoms with E-state index in [0.717, 1.165) is 32.3 Å². The Balaban J connectivity index is 1.66. The van der Waals surface area contributed by atoms with Crippen LogP contribution in [0.2, 0.25) is 0 Å². The molecule has 2 aliphatic rings. The summed E-state index contributed by atoms with van der Waals surface area (Å²) in [6, 6.07) is 5.37. The van der Waals surface area contributed by atoms with Gasteiger partial charge in [-0.3, -0.25) is 4.98 Å². The molecule has 1 saturated carbocycles. The lowest BCUT2D eigenvalue weighted by atomic mass is 10.2. The highest BCUT2D eigenvalue weighted by atomic mass is 16.5. The van der Waals surface area contributed by atoms with Crippen molar-refractivity contribution >= 4 is 5.69 Å². The molecule has 1 aliphatic carbocycles. The van der Waals surface area contributed by atoms with E-state index in [2.05, 4.69) is 27.3 Å². The van der Waals surface area contributed by atoms with Gasteiger partial charge in [0.25, 0.3) is 0 Å². The molecule has 4 heteroatoms. The smallest absolute Gasteiger partial charge is 0.0683 e. The molecule has 1 aromatic rings. The summed E-state index contributed by atoms with van der Waals surface area (Å²) in [5.41, 5.74) is 1.26. The third-order valence-corrected chi connectivity index (χ3v) is 3.44. The normalized spacial score (nSPS) is 24.9. The molecule has 4 nitrogen and oxygen atoms in total. The number of rotatable bonds is 4. The van der Waals surface area contributed by atoms with Crippen LogP contribution in [-0.2, 0) is 4.74 Å². The highest BCUT2D eigenvalue weighted by Gasteiger charge is 2.26. The van der Waals surface area contributed by atoms with Crippen LogP contribution in [0.5, 0.6) is 0 Å². The minimum absolute atomic E-state index is 0.451. The van der Waals surface area contributed by atoms with Crippen molar-refractivity contribution < 1.29 is 4.74 Å². The fraction of sp³-hybridized carbons (Fsp3) is 0.615. The molecule has 2 fully saturated rings. The molecule has 92 valence electrons. The Morgan fingerprint density at radius 3 is 2.94 bits per heavy atom. The Hall–Kier alpha value is -1.13. The fourth-order valence-electron chi connectivity index (χ4n) is 2.29. The zero-order valence-electron chi connectivity index (χ0n) is 10.0. The Morgan fingerprint density at radius 1 is 1.35 bits per heavy atom. The Bertz CT molecular complexity index is 353. The van der Waals surface area contributed by atoms with E-state index in [1.54, 1.807) is 0 Å². The Morgan fingerprint density at radius 2 is 2.18 bits per heavy atom. The number of nitrogens with one attached hydrogen (secondary N) is 1. The molecule has 0 radical (unpaired) electrons. The fourth-order valence-corrected chi connectivity index (χ4v) is 2.29. The first-order chi connectivity index (χ1) is 8.43. The zero-order chi connectivity index (χ0) is 11.5. The van der Waals surface area contributed by atoms with Crippen molar-refractivity contribution in [2.45, 2.75) is 24.9 Å². The first kappa shape index (κ1) is 11.0. The van der Waals surface area contributed by atoms with Gasteiger partial charge in [-0.1, -0.05) is 0 Å². The third-order valence-electron chi connectivity index (χ3n) is 3.44. The van der Waals surface area contributed by atoms with E-state index in [0.29, 0.717) is 6.04 Å². The van der Waals surface area contributed by atoms with Crippen LogP contribution in [-0.4, -0.2) is 43.4 Å². The van der Waals surface area contributed by atoms with E-state index in [9.17, 15) is 0 Å². The number of hydrogen-bond acceptors (Lipinski definition) is 4. The monoisotopic (exact) mass is 233 g/mol. The maximum Gasteiger partial charge on any atom is 0.0683 e. The minimum atomic E-state index is 0.451. The molecule has 1 N–H and O–H groups in total. The van der Waals surface area contributed by atoms with Crippen molar-refractivity contribution in [2.24, 2.45) is 0 Å². The molecule has 3 rings (SSSR count). The van der Waals surface area contributed by atoms with Gasteiger partial charge in [0.2, 0.25) is 0 Å². The summed E-state index contributed by atoms with van der Waals surface area (Å²) in [6.07, 6.45) is 6.39. The molecule has 1 saturated heterocycles. The first-order valence-electron chi connectivity index (χ1n) is 6.41. The summed E-state index contributed by atoms with van der Waals surface area (Å²) < 4.78 is 5.59. The summed E-state index contributed by atoms with van der Waals surface area (Å²) in [5, 5.41) is 3.59. The number of morpholine rings is 1. The van der Waals surface area contributed by atoms with Crippen LogP contribution >= 0.6 is 0 Å². The van der Waals surface area contributed by atoms with Crippen molar-refractivity contribution in [2.75, 3.05) is 31.2 Å². The maximum absolute atomic E-state index is 5.59. The SMILES string of the molecule is c1cc(N2CCOCC2CNC2CC2)ccn1. The zero-order valence-corrected chi connectivity index (χ0v) is 10.0. The van der Waals surface area contributed by atoms with Crippen LogP contribution in [0.4, 0.5) is 5.69 Å². The van der Waals surface area contributed by atoms with Crippen LogP contribution in [0.1, 0.15) is 12.8 Å². The second kappa shape index (κ2) is 5.02. The van der Waals surface area contributed by atoms with E-state index < -0.39 is 0 Å². The summed E-state index contributed by atoms with van der Waals surface area (Å²) in [7, 11) is 0. The van der Waals surface area contributed by atoms with E-state index in [1.165, 1.54) is 18.5 Å². The quantitative estimate of drug-likeness (QED) is 0.843. The predicted octanol–water partition coefficient (Wildman–Crippen LogP) is 1.04. The van der Waals surface area contributed by atoms with Gasteiger partial charge in [-0.05, 0) is 25.0 Å². The van der Waals surface area contributed by atoms with Crippen molar-refractivity contribution in [1.29, 1.82) is 0 Å². The van der Waals surface area contributed by atoms with Gasteiger partial charge < -0.3 is 15.0 Å². The Kier molecular flexibility index (Phi) is 3.25. The van der Waals surface area contributed by atoms with Crippen molar-refractivity contribution in [3.8, 4) is 0 Å². The largest absolute Gasteiger partial charge is 0.377 e. The lowest BCUT2D eigenvalue weighted by Crippen LogP contribution is -2.50. The number of aromatic nitrogens is 1. The number of nitrogens with zero attached hydrogens (tertiary/aromatic N) is 2. The molecule has 1 aliphatic heterocycles. The molecule has 1 unspecified atom stereocenters. The van der Waals surface area contributed by atoms with Crippen LogP contribution in [0.15, 0.2) is 24.5 Å². The van der Waals surface area contributed by atoms with Gasteiger partial charge >= 0.3 is 0 Å². The van der Waals surface area contributed by atoms with E-state index >= 15 is 0 Å². The maximum atomic E-state index is 5.59. The lowest BCUT2D eigenvalue weighted by molar-refractivity contribution is 0.0936. The average molecular weight is 233 g/mol. The third kappa shape index (κ3) is 2.76. The molecule has 0 aromatic carbocycles. The summed E-state index contributed by atoms with van der Waals surface area (Å²) in [4.78, 5) is 6.51. The topological polar surface area (TPSA) is 37.4 Å². The first-order valence-corrected chi connectivity index (χ1v) is 6.41. The highest BCUT2D eigenvalue weighted by Crippen LogP contribution is 2.21. The van der Waals surface area contributed by atoms with Gasteiger partial charge in [0.15, 0.2) is 0 Å². The lowest BCUT2D eigenvalue weighted by Gasteiger charge is -2.37. The molecule has 0 amide bonds. The van der Waals surface area contributed by atoms with Gasteiger partial charge in [-0.15, -0.1) is 0 Å². The number of hydrogen-bond donors (Lipinski definition) is 1. The second-order valence-electron chi connectivity index (χ2n) is 4.81. The molecular formula is C13H19N3O. The van der Waals surface area contributed by atoms with Crippen LogP contribution in [0, 0.1) is 0 Å². The highest BCUT2D eigenvalue weighted by molar-refractivity contribution is 5.46. The van der Waals surface area contributed by atoms with Gasteiger partial charge in [0, 0.05) is 37.2 Å². The molecule has 1 aromatic heterocycles. The van der Waals surface area contributed by atoms with Crippen molar-refractivity contribution in [3.05, 3.63) is 24.5 Å². The van der Waals surface area contributed by atoms with Crippen LogP contribution in [0.3, 0.4) is 0 Å². The Labute approximate surface area is 102 Å². The minimum Gasteiger partial charge on any atom is -0.377 e. The summed E-state index contributed by atoms with van der Waals surface area (Å²) >= 11 is 0. The van der Waals surface area contributed by atoms with E-state index in [-0.39, 0.29) is 0 Å². The van der Waals surface area contributed by atoms with E-state index in [4.69, 9.17) is 4.74 Å². The number of pyridine rings is 1. The molecule has 2 heterocycles. The second-order valence-corrected chi connectivity index (χ2v) is 4.81. The van der Waals surface area contributed by atoms with Gasteiger partial charge in [-0.2, -0.15) is 0 Å². The van der Waals surface area contributed by atoms with Gasteiger partial charge in [0.1, 0.15) is 0 Å². The average Bonchev–Trinajstić information content (AvgIpc) is 3.22. The number of ether oxygens (including phenoxy) is 1. The molecule has 17 heavy (non-hydrogen) atoms. The van der Waals surface area contributed by atoms with Gasteiger partial charge in [-0.25, -0.2) is 0 Å². The standard InChI is InChI=1S/C13H19N3O/c1-2-11(1)15-9-13-10-17-8-7-16(13)12-3-5-14-6-4-12/h3-6,11,13,15H,1-2,7-10H2. The molecular weight excluding hydrogens is 214 g/mol. The summed E-state index contributed by atoms with van der Waals surface area (Å²) in [5.74, 6) is 0. The van der Waals surface area contributed by atoms with Gasteiger partial charge in [0.05, 0.1) is 19.3 Å². The molecule has 0 bridgehead atoms. The van der Waals surface area contributed by atoms with Crippen molar-refractivity contribution in [1.82, 2.24) is 10.3 Å². The van der Waals surface area contributed by atoms with Crippen molar-refractivity contribution in [3.63, 3.8) is 0 Å². The number of anilines is 1. The van der Waals surface area contributed by atoms with Crippen LogP contribution < -0.4 is 10.2 Å². The van der Waals surface area contributed by atoms with E-state index in [1.807, 2.05) is 12.4 Å². The molecule has 0 spiro atoms. The predicted molar refractivity (Wildman–Crippen MR) is 67.2 cm³/mol.